The quantitative estimate of drug-likeness (QED) is 0.941. The van der Waals surface area contributed by atoms with Gasteiger partial charge in [-0.15, -0.1) is 0 Å². The first-order valence-electron chi connectivity index (χ1n) is 6.61. The molecule has 1 N–H and O–H groups in total. The van der Waals surface area contributed by atoms with Gasteiger partial charge in [-0.1, -0.05) is 18.2 Å². The maximum Gasteiger partial charge on any atom is 0.256 e. The first kappa shape index (κ1) is 13.5. The fourth-order valence-electron chi connectivity index (χ4n) is 2.51. The molecule has 3 rings (SSSR count). The van der Waals surface area contributed by atoms with Crippen molar-refractivity contribution in [3.63, 3.8) is 0 Å². The van der Waals surface area contributed by atoms with Gasteiger partial charge < -0.3 is 10.2 Å². The van der Waals surface area contributed by atoms with E-state index in [9.17, 15) is 13.6 Å². The summed E-state index contributed by atoms with van der Waals surface area (Å²) in [5.74, 6) is -1.25. The Morgan fingerprint density at radius 1 is 1.24 bits per heavy atom. The molecule has 1 aliphatic rings. The zero-order valence-corrected chi connectivity index (χ0v) is 11.5. The topological polar surface area (TPSA) is 32.3 Å². The van der Waals surface area contributed by atoms with Crippen molar-refractivity contribution in [1.29, 1.82) is 0 Å². The van der Waals surface area contributed by atoms with Gasteiger partial charge in [0.1, 0.15) is 11.6 Å². The summed E-state index contributed by atoms with van der Waals surface area (Å²) in [6, 6.07) is 9.01. The van der Waals surface area contributed by atoms with Crippen LogP contribution in [-0.2, 0) is 13.1 Å². The Hall–Kier alpha value is -2.43. The van der Waals surface area contributed by atoms with Crippen LogP contribution in [0.2, 0.25) is 0 Å². The molecule has 0 aromatic heterocycles. The van der Waals surface area contributed by atoms with E-state index in [-0.39, 0.29) is 12.5 Å². The number of fused-ring (bicyclic) bond motifs is 1. The van der Waals surface area contributed by atoms with E-state index < -0.39 is 11.6 Å². The molecule has 5 heteroatoms. The Balaban J connectivity index is 1.84. The minimum absolute atomic E-state index is 0.0484. The Labute approximate surface area is 121 Å². The Morgan fingerprint density at radius 3 is 2.81 bits per heavy atom. The van der Waals surface area contributed by atoms with Crippen LogP contribution in [0.5, 0.6) is 0 Å². The second-order valence-electron chi connectivity index (χ2n) is 5.09. The van der Waals surface area contributed by atoms with Crippen LogP contribution in [0.4, 0.5) is 14.5 Å². The third kappa shape index (κ3) is 2.46. The number of amides is 1. The minimum Gasteiger partial charge on any atom is -0.380 e. The highest BCUT2D eigenvalue weighted by Crippen LogP contribution is 2.28. The monoisotopic (exact) mass is 288 g/mol. The van der Waals surface area contributed by atoms with Crippen LogP contribution in [0, 0.1) is 11.6 Å². The van der Waals surface area contributed by atoms with Crippen LogP contribution < -0.4 is 5.32 Å². The summed E-state index contributed by atoms with van der Waals surface area (Å²) >= 11 is 0. The Morgan fingerprint density at radius 2 is 2.05 bits per heavy atom. The lowest BCUT2D eigenvalue weighted by Crippen LogP contribution is -2.18. The van der Waals surface area contributed by atoms with Gasteiger partial charge in [0, 0.05) is 37.5 Å². The molecule has 2 aromatic rings. The van der Waals surface area contributed by atoms with Gasteiger partial charge in [0.2, 0.25) is 0 Å². The molecule has 1 aliphatic heterocycles. The molecule has 21 heavy (non-hydrogen) atoms. The smallest absolute Gasteiger partial charge is 0.256 e. The maximum atomic E-state index is 13.6. The molecular formula is C16H14F2N2O. The predicted molar refractivity (Wildman–Crippen MR) is 75.9 cm³/mol. The molecule has 0 spiro atoms. The molecule has 0 fully saturated rings. The Bertz CT molecular complexity index is 715. The van der Waals surface area contributed by atoms with Gasteiger partial charge in [0.05, 0.1) is 5.56 Å². The minimum atomic E-state index is -0.603. The summed E-state index contributed by atoms with van der Waals surface area (Å²) in [5.41, 5.74) is 2.60. The number of nitrogens with zero attached hydrogens (tertiary/aromatic N) is 1. The predicted octanol–water partition coefficient (Wildman–Crippen LogP) is 3.16. The molecule has 2 aromatic carbocycles. The molecular weight excluding hydrogens is 274 g/mol. The van der Waals surface area contributed by atoms with E-state index >= 15 is 0 Å². The van der Waals surface area contributed by atoms with Crippen molar-refractivity contribution in [3.05, 3.63) is 64.7 Å². The molecule has 0 bridgehead atoms. The van der Waals surface area contributed by atoms with Gasteiger partial charge >= 0.3 is 0 Å². The lowest BCUT2D eigenvalue weighted by molar-refractivity contribution is 0.0817. The summed E-state index contributed by atoms with van der Waals surface area (Å²) < 4.78 is 26.5. The van der Waals surface area contributed by atoms with Crippen LogP contribution in [0.3, 0.4) is 0 Å². The summed E-state index contributed by atoms with van der Waals surface area (Å²) in [6.45, 7) is 0.772. The first-order chi connectivity index (χ1) is 10.1. The highest BCUT2D eigenvalue weighted by Gasteiger charge is 2.26. The highest BCUT2D eigenvalue weighted by molar-refractivity contribution is 6.03. The SMILES string of the molecule is CN1Cc2cccc(NCc3ccc(F)cc3F)c2C1=O. The van der Waals surface area contributed by atoms with E-state index in [1.54, 1.807) is 18.0 Å². The first-order valence-corrected chi connectivity index (χ1v) is 6.61. The summed E-state index contributed by atoms with van der Waals surface area (Å²) in [7, 11) is 1.74. The average Bonchev–Trinajstić information content (AvgIpc) is 2.74. The van der Waals surface area contributed by atoms with Crippen LogP contribution in [0.25, 0.3) is 0 Å². The van der Waals surface area contributed by atoms with E-state index in [0.717, 1.165) is 11.6 Å². The van der Waals surface area contributed by atoms with Crippen LogP contribution >= 0.6 is 0 Å². The molecule has 0 saturated heterocycles. The third-order valence-corrected chi connectivity index (χ3v) is 3.60. The molecule has 3 nitrogen and oxygen atoms in total. The van der Waals surface area contributed by atoms with Crippen molar-refractivity contribution in [3.8, 4) is 0 Å². The van der Waals surface area contributed by atoms with Gasteiger partial charge in [-0.25, -0.2) is 8.78 Å². The normalized spacial score (nSPS) is 13.5. The van der Waals surface area contributed by atoms with Crippen molar-refractivity contribution < 1.29 is 13.6 Å². The number of hydrogen-bond donors (Lipinski definition) is 1. The molecule has 1 heterocycles. The van der Waals surface area contributed by atoms with E-state index in [2.05, 4.69) is 5.32 Å². The molecule has 0 unspecified atom stereocenters. The van der Waals surface area contributed by atoms with Crippen molar-refractivity contribution in [1.82, 2.24) is 4.90 Å². The van der Waals surface area contributed by atoms with Gasteiger partial charge in [0.15, 0.2) is 0 Å². The van der Waals surface area contributed by atoms with E-state index in [1.807, 2.05) is 12.1 Å². The van der Waals surface area contributed by atoms with Gasteiger partial charge in [-0.2, -0.15) is 0 Å². The van der Waals surface area contributed by atoms with Crippen LogP contribution in [-0.4, -0.2) is 17.9 Å². The number of benzene rings is 2. The Kier molecular flexibility index (Phi) is 3.33. The number of carbonyl (C=O) groups excluding carboxylic acids is 1. The molecule has 0 atom stereocenters. The number of nitrogens with one attached hydrogen (secondary N) is 1. The molecule has 1 amide bonds. The number of rotatable bonds is 3. The number of anilines is 1. The molecule has 0 saturated carbocycles. The lowest BCUT2D eigenvalue weighted by atomic mass is 10.1. The largest absolute Gasteiger partial charge is 0.380 e. The number of hydrogen-bond acceptors (Lipinski definition) is 2. The maximum absolute atomic E-state index is 13.6. The van der Waals surface area contributed by atoms with Crippen molar-refractivity contribution in [2.24, 2.45) is 0 Å². The summed E-state index contributed by atoms with van der Waals surface area (Å²) in [4.78, 5) is 13.7. The zero-order chi connectivity index (χ0) is 15.0. The summed E-state index contributed by atoms with van der Waals surface area (Å²) in [5, 5.41) is 3.06. The fourth-order valence-corrected chi connectivity index (χ4v) is 2.51. The number of carbonyl (C=O) groups is 1. The summed E-state index contributed by atoms with van der Waals surface area (Å²) in [6.07, 6.45) is 0. The van der Waals surface area contributed by atoms with E-state index in [0.29, 0.717) is 23.4 Å². The molecule has 0 aliphatic carbocycles. The van der Waals surface area contributed by atoms with Crippen molar-refractivity contribution in [2.45, 2.75) is 13.1 Å². The lowest BCUT2D eigenvalue weighted by Gasteiger charge is -2.11. The fraction of sp³-hybridized carbons (Fsp3) is 0.188. The highest BCUT2D eigenvalue weighted by atomic mass is 19.1. The zero-order valence-electron chi connectivity index (χ0n) is 11.5. The van der Waals surface area contributed by atoms with Gasteiger partial charge in [-0.3, -0.25) is 4.79 Å². The number of halogens is 2. The van der Waals surface area contributed by atoms with Crippen molar-refractivity contribution in [2.75, 3.05) is 12.4 Å². The van der Waals surface area contributed by atoms with E-state index in [1.165, 1.54) is 12.1 Å². The molecule has 0 radical (unpaired) electrons. The van der Waals surface area contributed by atoms with Crippen molar-refractivity contribution >= 4 is 11.6 Å². The van der Waals surface area contributed by atoms with Crippen LogP contribution in [0.15, 0.2) is 36.4 Å². The molecule has 108 valence electrons. The van der Waals surface area contributed by atoms with E-state index in [4.69, 9.17) is 0 Å². The third-order valence-electron chi connectivity index (χ3n) is 3.60. The second kappa shape index (κ2) is 5.16. The van der Waals surface area contributed by atoms with Gasteiger partial charge in [0.25, 0.3) is 5.91 Å². The second-order valence-corrected chi connectivity index (χ2v) is 5.09. The average molecular weight is 288 g/mol. The van der Waals surface area contributed by atoms with Gasteiger partial charge in [-0.05, 0) is 17.7 Å². The standard InChI is InChI=1S/C16H14F2N2O/c1-20-9-11-3-2-4-14(15(11)16(20)21)19-8-10-5-6-12(17)7-13(10)18/h2-7,19H,8-9H2,1H3. The van der Waals surface area contributed by atoms with Crippen LogP contribution in [0.1, 0.15) is 21.5 Å².